The fourth-order valence-electron chi connectivity index (χ4n) is 1.59. The van der Waals surface area contributed by atoms with Gasteiger partial charge in [-0.15, -0.1) is 0 Å². The largest absolute Gasteiger partial charge is 0.383 e. The molecule has 1 aromatic rings. The van der Waals surface area contributed by atoms with E-state index in [0.29, 0.717) is 11.1 Å². The average molecular weight is 253 g/mol. The Morgan fingerprint density at radius 3 is 2.82 bits per heavy atom. The van der Waals surface area contributed by atoms with Gasteiger partial charge >= 0.3 is 0 Å². The Bertz CT molecular complexity index is 355. The van der Waals surface area contributed by atoms with E-state index in [-0.39, 0.29) is 6.04 Å². The quantitative estimate of drug-likeness (QED) is 0.818. The Labute approximate surface area is 109 Å². The summed E-state index contributed by atoms with van der Waals surface area (Å²) in [6.07, 6.45) is 3.01. The zero-order valence-electron chi connectivity index (χ0n) is 11.2. The number of aryl methyl sites for hydroxylation is 1. The van der Waals surface area contributed by atoms with Crippen molar-refractivity contribution in [3.05, 3.63) is 23.4 Å². The summed E-state index contributed by atoms with van der Waals surface area (Å²) in [4.78, 5) is 4.22. The van der Waals surface area contributed by atoms with Crippen molar-refractivity contribution in [1.29, 1.82) is 0 Å². The molecule has 0 saturated heterocycles. The van der Waals surface area contributed by atoms with Crippen molar-refractivity contribution in [1.82, 2.24) is 10.3 Å². The van der Waals surface area contributed by atoms with Crippen LogP contribution < -0.4 is 11.1 Å². The fourth-order valence-corrected chi connectivity index (χ4v) is 2.69. The first-order valence-corrected chi connectivity index (χ1v) is 7.14. The number of thioether (sulfide) groups is 1. The van der Waals surface area contributed by atoms with Gasteiger partial charge in [-0.25, -0.2) is 4.98 Å². The lowest BCUT2D eigenvalue weighted by Crippen LogP contribution is -2.21. The molecule has 0 fully saturated rings. The zero-order valence-corrected chi connectivity index (χ0v) is 12.0. The van der Waals surface area contributed by atoms with Crippen LogP contribution in [0.3, 0.4) is 0 Å². The predicted molar refractivity (Wildman–Crippen MR) is 77.4 cm³/mol. The number of rotatable bonds is 6. The SMILES string of the molecule is CCC(C)SCC(NC)c1cc(C)cnc1N. The smallest absolute Gasteiger partial charge is 0.128 e. The van der Waals surface area contributed by atoms with Gasteiger partial charge in [0.1, 0.15) is 5.82 Å². The Morgan fingerprint density at radius 2 is 2.24 bits per heavy atom. The second kappa shape index (κ2) is 6.87. The summed E-state index contributed by atoms with van der Waals surface area (Å²) in [5, 5.41) is 4.01. The van der Waals surface area contributed by atoms with E-state index in [1.807, 2.05) is 31.9 Å². The summed E-state index contributed by atoms with van der Waals surface area (Å²) in [6.45, 7) is 6.52. The van der Waals surface area contributed by atoms with Crippen LogP contribution in [0.1, 0.15) is 37.4 Å². The van der Waals surface area contributed by atoms with E-state index in [1.165, 1.54) is 6.42 Å². The molecule has 17 heavy (non-hydrogen) atoms. The highest BCUT2D eigenvalue weighted by Gasteiger charge is 2.14. The summed E-state index contributed by atoms with van der Waals surface area (Å²) in [5.74, 6) is 1.67. The Hall–Kier alpha value is -0.740. The van der Waals surface area contributed by atoms with Gasteiger partial charge in [0.2, 0.25) is 0 Å². The van der Waals surface area contributed by atoms with Crippen molar-refractivity contribution < 1.29 is 0 Å². The Morgan fingerprint density at radius 1 is 1.53 bits per heavy atom. The monoisotopic (exact) mass is 253 g/mol. The summed E-state index contributed by atoms with van der Waals surface area (Å²) in [7, 11) is 1.98. The second-order valence-electron chi connectivity index (χ2n) is 4.38. The maximum absolute atomic E-state index is 5.94. The van der Waals surface area contributed by atoms with Crippen LogP contribution >= 0.6 is 11.8 Å². The molecule has 2 atom stereocenters. The van der Waals surface area contributed by atoms with E-state index in [0.717, 1.165) is 16.9 Å². The van der Waals surface area contributed by atoms with Gasteiger partial charge in [0.15, 0.2) is 0 Å². The maximum atomic E-state index is 5.94. The van der Waals surface area contributed by atoms with Gasteiger partial charge in [0, 0.05) is 28.8 Å². The molecule has 0 bridgehead atoms. The van der Waals surface area contributed by atoms with Crippen molar-refractivity contribution in [2.75, 3.05) is 18.5 Å². The minimum absolute atomic E-state index is 0.279. The molecule has 2 unspecified atom stereocenters. The zero-order chi connectivity index (χ0) is 12.8. The highest BCUT2D eigenvalue weighted by atomic mass is 32.2. The molecule has 0 aliphatic heterocycles. The maximum Gasteiger partial charge on any atom is 0.128 e. The Kier molecular flexibility index (Phi) is 5.78. The van der Waals surface area contributed by atoms with Gasteiger partial charge < -0.3 is 11.1 Å². The summed E-state index contributed by atoms with van der Waals surface area (Å²) in [5.41, 5.74) is 8.21. The van der Waals surface area contributed by atoms with E-state index < -0.39 is 0 Å². The molecule has 1 heterocycles. The molecular formula is C13H23N3S. The lowest BCUT2D eigenvalue weighted by atomic mass is 10.1. The Balaban J connectivity index is 2.75. The van der Waals surface area contributed by atoms with Crippen LogP contribution in [-0.2, 0) is 0 Å². The van der Waals surface area contributed by atoms with Crippen LogP contribution in [0, 0.1) is 6.92 Å². The summed E-state index contributed by atoms with van der Waals surface area (Å²) >= 11 is 1.97. The number of hydrogen-bond acceptors (Lipinski definition) is 4. The minimum atomic E-state index is 0.279. The predicted octanol–water partition coefficient (Wildman–Crippen LogP) is 2.76. The molecule has 0 amide bonds. The number of pyridine rings is 1. The van der Waals surface area contributed by atoms with Crippen LogP contribution in [0.25, 0.3) is 0 Å². The number of aromatic nitrogens is 1. The van der Waals surface area contributed by atoms with E-state index in [1.54, 1.807) is 0 Å². The molecule has 0 saturated carbocycles. The van der Waals surface area contributed by atoms with Crippen LogP contribution in [0.15, 0.2) is 12.3 Å². The van der Waals surface area contributed by atoms with Gasteiger partial charge in [-0.05, 0) is 32.0 Å². The van der Waals surface area contributed by atoms with E-state index in [9.17, 15) is 0 Å². The third kappa shape index (κ3) is 4.21. The molecule has 0 aliphatic rings. The second-order valence-corrected chi connectivity index (χ2v) is 5.85. The standard InChI is InChI=1S/C13H23N3S/c1-5-10(3)17-8-12(15-4)11-6-9(2)7-16-13(11)14/h6-7,10,12,15H,5,8H2,1-4H3,(H2,14,16). The van der Waals surface area contributed by atoms with Crippen molar-refractivity contribution in [2.45, 2.75) is 38.5 Å². The highest BCUT2D eigenvalue weighted by molar-refractivity contribution is 7.99. The van der Waals surface area contributed by atoms with E-state index >= 15 is 0 Å². The first-order chi connectivity index (χ1) is 8.08. The van der Waals surface area contributed by atoms with Crippen LogP contribution in [-0.4, -0.2) is 23.0 Å². The molecule has 3 N–H and O–H groups in total. The van der Waals surface area contributed by atoms with Crippen molar-refractivity contribution >= 4 is 17.6 Å². The fraction of sp³-hybridized carbons (Fsp3) is 0.615. The van der Waals surface area contributed by atoms with Crippen LogP contribution in [0.4, 0.5) is 5.82 Å². The number of nitrogen functional groups attached to an aromatic ring is 1. The van der Waals surface area contributed by atoms with E-state index in [4.69, 9.17) is 5.73 Å². The number of anilines is 1. The molecule has 0 aromatic carbocycles. The summed E-state index contributed by atoms with van der Waals surface area (Å²) in [6, 6.07) is 2.40. The lowest BCUT2D eigenvalue weighted by molar-refractivity contribution is 0.659. The van der Waals surface area contributed by atoms with Gasteiger partial charge in [-0.1, -0.05) is 13.8 Å². The van der Waals surface area contributed by atoms with Gasteiger partial charge in [-0.3, -0.25) is 0 Å². The number of nitrogens with two attached hydrogens (primary N) is 1. The van der Waals surface area contributed by atoms with Gasteiger partial charge in [-0.2, -0.15) is 11.8 Å². The molecule has 0 spiro atoms. The van der Waals surface area contributed by atoms with Gasteiger partial charge in [0.05, 0.1) is 0 Å². The average Bonchev–Trinajstić information content (AvgIpc) is 2.33. The molecule has 1 rings (SSSR count). The van der Waals surface area contributed by atoms with E-state index in [2.05, 4.69) is 30.2 Å². The van der Waals surface area contributed by atoms with Crippen molar-refractivity contribution in [3.8, 4) is 0 Å². The molecule has 1 aromatic heterocycles. The van der Waals surface area contributed by atoms with Crippen molar-refractivity contribution in [3.63, 3.8) is 0 Å². The first kappa shape index (κ1) is 14.3. The molecular weight excluding hydrogens is 230 g/mol. The highest BCUT2D eigenvalue weighted by Crippen LogP contribution is 2.25. The summed E-state index contributed by atoms with van der Waals surface area (Å²) < 4.78 is 0. The van der Waals surface area contributed by atoms with Gasteiger partial charge in [0.25, 0.3) is 0 Å². The number of nitrogens with one attached hydrogen (secondary N) is 1. The third-order valence-electron chi connectivity index (χ3n) is 2.93. The lowest BCUT2D eigenvalue weighted by Gasteiger charge is -2.19. The number of hydrogen-bond donors (Lipinski definition) is 2. The van der Waals surface area contributed by atoms with Crippen LogP contribution in [0.5, 0.6) is 0 Å². The molecule has 0 aliphatic carbocycles. The first-order valence-electron chi connectivity index (χ1n) is 6.09. The molecule has 96 valence electrons. The normalized spacial score (nSPS) is 14.6. The minimum Gasteiger partial charge on any atom is -0.383 e. The molecule has 0 radical (unpaired) electrons. The van der Waals surface area contributed by atoms with Crippen molar-refractivity contribution in [2.24, 2.45) is 0 Å². The molecule has 3 nitrogen and oxygen atoms in total. The number of nitrogens with zero attached hydrogens (tertiary/aromatic N) is 1. The topological polar surface area (TPSA) is 50.9 Å². The third-order valence-corrected chi connectivity index (χ3v) is 4.36. The van der Waals surface area contributed by atoms with Crippen LogP contribution in [0.2, 0.25) is 0 Å². The molecule has 4 heteroatoms.